The van der Waals surface area contributed by atoms with E-state index < -0.39 is 6.86 Å². The van der Waals surface area contributed by atoms with Crippen molar-refractivity contribution in [3.63, 3.8) is 0 Å². The number of fused-ring (bicyclic) bond motifs is 1. The van der Waals surface area contributed by atoms with E-state index in [1.807, 2.05) is 43.2 Å². The molecule has 0 bridgehead atoms. The van der Waals surface area contributed by atoms with Gasteiger partial charge in [0.25, 0.3) is 5.56 Å². The fourth-order valence-electron chi connectivity index (χ4n) is 3.21. The first-order valence-corrected chi connectivity index (χ1v) is 8.51. The second kappa shape index (κ2) is 6.72. The average Bonchev–Trinajstić information content (AvgIpc) is 3.03. The molecule has 0 spiro atoms. The van der Waals surface area contributed by atoms with E-state index in [0.29, 0.717) is 11.4 Å². The predicted octanol–water partition coefficient (Wildman–Crippen LogP) is 4.01. The van der Waals surface area contributed by atoms with Gasteiger partial charge in [-0.2, -0.15) is 5.10 Å². The molecule has 2 aromatic carbocycles. The van der Waals surface area contributed by atoms with Crippen LogP contribution >= 0.6 is 0 Å². The van der Waals surface area contributed by atoms with Gasteiger partial charge in [0.05, 0.1) is 11.7 Å². The molecule has 0 saturated carbocycles. The van der Waals surface area contributed by atoms with Gasteiger partial charge in [-0.1, -0.05) is 12.1 Å². The third-order valence-electron chi connectivity index (χ3n) is 4.66. The van der Waals surface area contributed by atoms with E-state index in [1.54, 1.807) is 34.9 Å². The summed E-state index contributed by atoms with van der Waals surface area (Å²) >= 11 is 0. The monoisotopic (exact) mass is 363 g/mol. The van der Waals surface area contributed by atoms with Gasteiger partial charge in [0.2, 0.25) is 6.86 Å². The first-order chi connectivity index (χ1) is 13.1. The first-order valence-electron chi connectivity index (χ1n) is 8.51. The Balaban J connectivity index is 1.83. The highest BCUT2D eigenvalue weighted by molar-refractivity contribution is 5.84. The Bertz CT molecular complexity index is 1180. The Hall–Kier alpha value is -3.41. The van der Waals surface area contributed by atoms with Crippen molar-refractivity contribution in [2.24, 2.45) is 7.05 Å². The summed E-state index contributed by atoms with van der Waals surface area (Å²) in [6.45, 7) is 1.04. The van der Waals surface area contributed by atoms with E-state index in [1.165, 1.54) is 0 Å². The molecule has 0 aliphatic rings. The van der Waals surface area contributed by atoms with Crippen LogP contribution in [0, 0.1) is 6.92 Å². The first kappa shape index (κ1) is 17.0. The lowest BCUT2D eigenvalue weighted by atomic mass is 10.0. The van der Waals surface area contributed by atoms with Crippen molar-refractivity contribution in [2.75, 3.05) is 6.86 Å². The van der Waals surface area contributed by atoms with Crippen LogP contribution in [0.2, 0.25) is 0 Å². The molecule has 27 heavy (non-hydrogen) atoms. The maximum atomic E-state index is 12.5. The number of ether oxygens (including phenoxy) is 1. The highest BCUT2D eigenvalue weighted by Gasteiger charge is 2.10. The van der Waals surface area contributed by atoms with Gasteiger partial charge in [-0.3, -0.25) is 14.0 Å². The molecule has 0 aliphatic heterocycles. The molecule has 0 unspecified atom stereocenters. The molecule has 136 valence electrons. The van der Waals surface area contributed by atoms with Crippen molar-refractivity contribution in [3.8, 4) is 22.6 Å². The molecule has 4 rings (SSSR count). The summed E-state index contributed by atoms with van der Waals surface area (Å²) in [6, 6.07) is 14.5. The summed E-state index contributed by atoms with van der Waals surface area (Å²) in [5.74, 6) is 0.420. The zero-order valence-corrected chi connectivity index (χ0v) is 15.0. The van der Waals surface area contributed by atoms with Gasteiger partial charge in [-0.15, -0.1) is 0 Å². The minimum Gasteiger partial charge on any atom is -0.463 e. The van der Waals surface area contributed by atoms with Crippen LogP contribution < -0.4 is 10.3 Å². The quantitative estimate of drug-likeness (QED) is 0.551. The number of hydrogen-bond donors (Lipinski definition) is 0. The number of aryl methyl sites for hydroxylation is 2. The topological polar surface area (TPSA) is 49.1 Å². The van der Waals surface area contributed by atoms with Gasteiger partial charge in [0.1, 0.15) is 5.75 Å². The Morgan fingerprint density at radius 3 is 2.63 bits per heavy atom. The van der Waals surface area contributed by atoms with Crippen molar-refractivity contribution in [2.45, 2.75) is 6.92 Å². The molecule has 0 atom stereocenters. The van der Waals surface area contributed by atoms with Crippen molar-refractivity contribution >= 4 is 10.9 Å². The summed E-state index contributed by atoms with van der Waals surface area (Å²) in [7, 11) is 1.90. The molecule has 4 aromatic rings. The molecule has 0 amide bonds. The average molecular weight is 363 g/mol. The Kier molecular flexibility index (Phi) is 4.24. The molecule has 2 aromatic heterocycles. The van der Waals surface area contributed by atoms with Crippen molar-refractivity contribution in [3.05, 3.63) is 76.8 Å². The number of hydrogen-bond acceptors (Lipinski definition) is 3. The summed E-state index contributed by atoms with van der Waals surface area (Å²) in [4.78, 5) is 12.5. The fourth-order valence-corrected chi connectivity index (χ4v) is 3.21. The summed E-state index contributed by atoms with van der Waals surface area (Å²) in [6.07, 6.45) is 3.66. The molecule has 5 nitrogen and oxygen atoms in total. The minimum atomic E-state index is -0.884. The number of halogens is 1. The van der Waals surface area contributed by atoms with Crippen LogP contribution in [-0.4, -0.2) is 21.2 Å². The second-order valence-electron chi connectivity index (χ2n) is 6.37. The van der Waals surface area contributed by atoms with Gasteiger partial charge < -0.3 is 4.74 Å². The van der Waals surface area contributed by atoms with Crippen LogP contribution in [0.25, 0.3) is 27.7 Å². The number of rotatable bonds is 4. The lowest BCUT2D eigenvalue weighted by Gasteiger charge is -2.12. The van der Waals surface area contributed by atoms with E-state index in [4.69, 9.17) is 4.74 Å². The van der Waals surface area contributed by atoms with E-state index in [0.717, 1.165) is 27.6 Å². The van der Waals surface area contributed by atoms with E-state index in [-0.39, 0.29) is 5.56 Å². The number of nitrogens with zero attached hydrogens (tertiary/aromatic N) is 3. The van der Waals surface area contributed by atoms with Crippen LogP contribution in [0.4, 0.5) is 4.39 Å². The SMILES string of the molecule is Cc1cc(=O)n(-c2ccc(OCF)cc2)cc1-c1ccc2cnn(C)c2c1. The standard InChI is InChI=1S/C21H18FN3O2/c1-14-9-21(26)25(17-5-7-18(8-6-17)27-13-22)12-19(14)15-3-4-16-11-23-24(2)20(16)10-15/h3-12H,13H2,1-2H3. The predicted molar refractivity (Wildman–Crippen MR) is 103 cm³/mol. The number of alkyl halides is 1. The number of aromatic nitrogens is 3. The van der Waals surface area contributed by atoms with E-state index in [2.05, 4.69) is 11.2 Å². The van der Waals surface area contributed by atoms with Crippen molar-refractivity contribution in [1.82, 2.24) is 14.3 Å². The molecule has 2 heterocycles. The summed E-state index contributed by atoms with van der Waals surface area (Å²) < 4.78 is 20.5. The molecule has 6 heteroatoms. The highest BCUT2D eigenvalue weighted by Crippen LogP contribution is 2.27. The Morgan fingerprint density at radius 2 is 1.89 bits per heavy atom. The summed E-state index contributed by atoms with van der Waals surface area (Å²) in [5.41, 5.74) is 4.45. The van der Waals surface area contributed by atoms with Gasteiger partial charge in [-0.05, 0) is 48.4 Å². The normalized spacial score (nSPS) is 11.1. The maximum Gasteiger partial charge on any atom is 0.255 e. The molecule has 0 N–H and O–H groups in total. The minimum absolute atomic E-state index is 0.128. The Labute approximate surface area is 155 Å². The molecule has 0 aliphatic carbocycles. The second-order valence-corrected chi connectivity index (χ2v) is 6.37. The van der Waals surface area contributed by atoms with Crippen LogP contribution in [0.5, 0.6) is 5.75 Å². The molecule has 0 radical (unpaired) electrons. The van der Waals surface area contributed by atoms with Crippen LogP contribution in [0.3, 0.4) is 0 Å². The number of pyridine rings is 1. The van der Waals surface area contributed by atoms with Crippen molar-refractivity contribution in [1.29, 1.82) is 0 Å². The van der Waals surface area contributed by atoms with Gasteiger partial charge in [-0.25, -0.2) is 4.39 Å². The van der Waals surface area contributed by atoms with Gasteiger partial charge in [0.15, 0.2) is 0 Å². The van der Waals surface area contributed by atoms with Gasteiger partial charge >= 0.3 is 0 Å². The van der Waals surface area contributed by atoms with Gasteiger partial charge in [0, 0.05) is 35.9 Å². The fraction of sp³-hybridized carbons (Fsp3) is 0.143. The maximum absolute atomic E-state index is 12.5. The zero-order chi connectivity index (χ0) is 19.0. The smallest absolute Gasteiger partial charge is 0.255 e. The van der Waals surface area contributed by atoms with E-state index >= 15 is 0 Å². The summed E-state index contributed by atoms with van der Waals surface area (Å²) in [5, 5.41) is 5.34. The van der Waals surface area contributed by atoms with Crippen LogP contribution in [0.1, 0.15) is 5.56 Å². The lowest BCUT2D eigenvalue weighted by molar-refractivity contribution is 0.192. The molecular weight excluding hydrogens is 345 g/mol. The van der Waals surface area contributed by atoms with Crippen LogP contribution in [-0.2, 0) is 7.05 Å². The largest absolute Gasteiger partial charge is 0.463 e. The third kappa shape index (κ3) is 3.10. The highest BCUT2D eigenvalue weighted by atomic mass is 19.1. The third-order valence-corrected chi connectivity index (χ3v) is 4.66. The van der Waals surface area contributed by atoms with Crippen LogP contribution in [0.15, 0.2) is 65.7 Å². The zero-order valence-electron chi connectivity index (χ0n) is 15.0. The van der Waals surface area contributed by atoms with E-state index in [9.17, 15) is 9.18 Å². The number of benzene rings is 2. The molecule has 0 fully saturated rings. The van der Waals surface area contributed by atoms with Crippen molar-refractivity contribution < 1.29 is 9.13 Å². The molecular formula is C21H18FN3O2. The lowest BCUT2D eigenvalue weighted by Crippen LogP contribution is -2.17. The molecule has 0 saturated heterocycles. The Morgan fingerprint density at radius 1 is 1.11 bits per heavy atom.